The molecule has 0 saturated carbocycles. The first-order chi connectivity index (χ1) is 13.9. The van der Waals surface area contributed by atoms with Crippen LogP contribution in [0.15, 0.2) is 48.5 Å². The highest BCUT2D eigenvalue weighted by Gasteiger charge is 2.33. The lowest BCUT2D eigenvalue weighted by molar-refractivity contribution is -0.127. The number of rotatable bonds is 5. The van der Waals surface area contributed by atoms with Crippen molar-refractivity contribution in [1.82, 2.24) is 10.2 Å². The molecule has 0 aliphatic carbocycles. The number of fused-ring (bicyclic) bond motifs is 1. The normalized spacial score (nSPS) is 20.0. The van der Waals surface area contributed by atoms with E-state index in [2.05, 4.69) is 5.32 Å². The van der Waals surface area contributed by atoms with E-state index in [4.69, 9.17) is 9.47 Å². The third-order valence-electron chi connectivity index (χ3n) is 5.36. The van der Waals surface area contributed by atoms with Gasteiger partial charge in [0.25, 0.3) is 0 Å². The Bertz CT molecular complexity index is 979. The van der Waals surface area contributed by atoms with Crippen LogP contribution < -0.4 is 14.8 Å². The minimum atomic E-state index is -3.03. The summed E-state index contributed by atoms with van der Waals surface area (Å²) in [7, 11) is -3.03. The zero-order valence-corrected chi connectivity index (χ0v) is 17.0. The molecule has 8 heteroatoms. The number of carbonyl (C=O) groups is 1. The Labute approximate surface area is 170 Å². The van der Waals surface area contributed by atoms with Crippen LogP contribution in [0.5, 0.6) is 11.5 Å². The molecule has 1 fully saturated rings. The van der Waals surface area contributed by atoms with Gasteiger partial charge in [-0.05, 0) is 30.2 Å². The van der Waals surface area contributed by atoms with Crippen LogP contribution in [0.1, 0.15) is 30.1 Å². The van der Waals surface area contributed by atoms with Gasteiger partial charge in [-0.2, -0.15) is 0 Å². The summed E-state index contributed by atoms with van der Waals surface area (Å²) in [5, 5.41) is 3.08. The van der Waals surface area contributed by atoms with Gasteiger partial charge in [0, 0.05) is 13.1 Å². The van der Waals surface area contributed by atoms with Crippen LogP contribution in [0.4, 0.5) is 0 Å². The van der Waals surface area contributed by atoms with Crippen LogP contribution in [0.2, 0.25) is 0 Å². The van der Waals surface area contributed by atoms with E-state index in [9.17, 15) is 13.2 Å². The first-order valence-corrected chi connectivity index (χ1v) is 11.4. The van der Waals surface area contributed by atoms with Crippen molar-refractivity contribution in [3.63, 3.8) is 0 Å². The molecule has 1 saturated heterocycles. The van der Waals surface area contributed by atoms with Crippen molar-refractivity contribution < 1.29 is 22.7 Å². The Morgan fingerprint density at radius 1 is 1.00 bits per heavy atom. The minimum absolute atomic E-state index is 0.0708. The number of carbonyl (C=O) groups excluding carboxylic acids is 1. The lowest BCUT2D eigenvalue weighted by Crippen LogP contribution is -2.47. The summed E-state index contributed by atoms with van der Waals surface area (Å²) >= 11 is 0. The van der Waals surface area contributed by atoms with Crippen LogP contribution in [0, 0.1) is 0 Å². The van der Waals surface area contributed by atoms with E-state index < -0.39 is 15.9 Å². The van der Waals surface area contributed by atoms with E-state index in [0.29, 0.717) is 24.6 Å². The predicted molar refractivity (Wildman–Crippen MR) is 109 cm³/mol. The summed E-state index contributed by atoms with van der Waals surface area (Å²) in [4.78, 5) is 15.2. The van der Waals surface area contributed by atoms with Gasteiger partial charge < -0.3 is 14.8 Å². The monoisotopic (exact) mass is 416 g/mol. The molecular weight excluding hydrogens is 392 g/mol. The fourth-order valence-electron chi connectivity index (χ4n) is 3.71. The largest absolute Gasteiger partial charge is 0.454 e. The topological polar surface area (TPSA) is 84.9 Å². The second-order valence-corrected chi connectivity index (χ2v) is 9.65. The van der Waals surface area contributed by atoms with Crippen molar-refractivity contribution in [2.45, 2.75) is 19.0 Å². The molecule has 2 unspecified atom stereocenters. The highest BCUT2D eigenvalue weighted by atomic mass is 32.2. The molecule has 2 atom stereocenters. The van der Waals surface area contributed by atoms with E-state index in [0.717, 1.165) is 11.1 Å². The van der Waals surface area contributed by atoms with Gasteiger partial charge in [-0.15, -0.1) is 0 Å². The number of sulfone groups is 1. The number of hydrogen-bond donors (Lipinski definition) is 1. The summed E-state index contributed by atoms with van der Waals surface area (Å²) in [6, 6.07) is 14.3. The van der Waals surface area contributed by atoms with E-state index in [1.807, 2.05) is 60.4 Å². The maximum absolute atomic E-state index is 13.3. The highest BCUT2D eigenvalue weighted by molar-refractivity contribution is 7.91. The molecule has 154 valence electrons. The SMILES string of the molecule is CC(NC(=O)C(c1ccccc1)N1CCS(=O)(=O)CC1)c1ccc2c(c1)OCO2. The van der Waals surface area contributed by atoms with E-state index >= 15 is 0 Å². The highest BCUT2D eigenvalue weighted by Crippen LogP contribution is 2.34. The molecule has 0 bridgehead atoms. The molecule has 0 spiro atoms. The van der Waals surface area contributed by atoms with Crippen molar-refractivity contribution in [3.05, 3.63) is 59.7 Å². The van der Waals surface area contributed by atoms with Gasteiger partial charge in [-0.3, -0.25) is 9.69 Å². The molecule has 1 N–H and O–H groups in total. The lowest BCUT2D eigenvalue weighted by Gasteiger charge is -2.34. The number of nitrogens with zero attached hydrogens (tertiary/aromatic N) is 1. The maximum Gasteiger partial charge on any atom is 0.242 e. The van der Waals surface area contributed by atoms with Crippen LogP contribution in [-0.2, 0) is 14.6 Å². The van der Waals surface area contributed by atoms with E-state index in [-0.39, 0.29) is 30.2 Å². The second-order valence-electron chi connectivity index (χ2n) is 7.34. The summed E-state index contributed by atoms with van der Waals surface area (Å²) in [6.45, 7) is 2.80. The summed E-state index contributed by atoms with van der Waals surface area (Å²) in [5.74, 6) is 1.36. The van der Waals surface area contributed by atoms with Crippen molar-refractivity contribution in [1.29, 1.82) is 0 Å². The number of amides is 1. The molecule has 1 amide bonds. The fraction of sp³-hybridized carbons (Fsp3) is 0.381. The Hall–Kier alpha value is -2.58. The van der Waals surface area contributed by atoms with Crippen molar-refractivity contribution >= 4 is 15.7 Å². The second kappa shape index (κ2) is 8.04. The Morgan fingerprint density at radius 2 is 1.69 bits per heavy atom. The molecule has 2 heterocycles. The standard InChI is InChI=1S/C21H24N2O5S/c1-15(17-7-8-18-19(13-17)28-14-27-18)22-21(24)20(16-5-3-2-4-6-16)23-9-11-29(25,26)12-10-23/h2-8,13,15,20H,9-12,14H2,1H3,(H,22,24). The van der Waals surface area contributed by atoms with Gasteiger partial charge in [-0.1, -0.05) is 36.4 Å². The van der Waals surface area contributed by atoms with Crippen LogP contribution in [0.3, 0.4) is 0 Å². The van der Waals surface area contributed by atoms with Gasteiger partial charge in [0.1, 0.15) is 6.04 Å². The van der Waals surface area contributed by atoms with Crippen molar-refractivity contribution in [2.24, 2.45) is 0 Å². The molecule has 29 heavy (non-hydrogen) atoms. The first kappa shape index (κ1) is 19.7. The third kappa shape index (κ3) is 4.38. The predicted octanol–water partition coefficient (Wildman–Crippen LogP) is 2.06. The van der Waals surface area contributed by atoms with Gasteiger partial charge in [-0.25, -0.2) is 8.42 Å². The molecule has 2 aromatic carbocycles. The smallest absolute Gasteiger partial charge is 0.242 e. The number of nitrogens with one attached hydrogen (secondary N) is 1. The molecule has 2 aromatic rings. The average Bonchev–Trinajstić information content (AvgIpc) is 3.18. The summed E-state index contributed by atoms with van der Waals surface area (Å²) in [6.07, 6.45) is 0. The quantitative estimate of drug-likeness (QED) is 0.803. The Morgan fingerprint density at radius 3 is 2.41 bits per heavy atom. The molecular formula is C21H24N2O5S. The third-order valence-corrected chi connectivity index (χ3v) is 6.97. The minimum Gasteiger partial charge on any atom is -0.454 e. The average molecular weight is 416 g/mol. The zero-order valence-electron chi connectivity index (χ0n) is 16.2. The Balaban J connectivity index is 1.53. The van der Waals surface area contributed by atoms with Gasteiger partial charge >= 0.3 is 0 Å². The number of hydrogen-bond acceptors (Lipinski definition) is 6. The molecule has 2 aliphatic heterocycles. The van der Waals surface area contributed by atoms with E-state index in [1.165, 1.54) is 0 Å². The van der Waals surface area contributed by atoms with E-state index in [1.54, 1.807) is 0 Å². The van der Waals surface area contributed by atoms with Crippen molar-refractivity contribution in [2.75, 3.05) is 31.4 Å². The lowest BCUT2D eigenvalue weighted by atomic mass is 10.0. The van der Waals surface area contributed by atoms with Crippen LogP contribution >= 0.6 is 0 Å². The number of ether oxygens (including phenoxy) is 2. The fourth-order valence-corrected chi connectivity index (χ4v) is 4.94. The molecule has 0 aromatic heterocycles. The zero-order chi connectivity index (χ0) is 20.4. The first-order valence-electron chi connectivity index (χ1n) is 9.62. The van der Waals surface area contributed by atoms with Gasteiger partial charge in [0.2, 0.25) is 12.7 Å². The van der Waals surface area contributed by atoms with Crippen LogP contribution in [-0.4, -0.2) is 50.6 Å². The summed E-state index contributed by atoms with van der Waals surface area (Å²) < 4.78 is 34.4. The van der Waals surface area contributed by atoms with Gasteiger partial charge in [0.15, 0.2) is 21.3 Å². The number of benzene rings is 2. The maximum atomic E-state index is 13.3. The molecule has 2 aliphatic rings. The summed E-state index contributed by atoms with van der Waals surface area (Å²) in [5.41, 5.74) is 1.76. The van der Waals surface area contributed by atoms with Gasteiger partial charge in [0.05, 0.1) is 17.5 Å². The molecule has 0 radical (unpaired) electrons. The molecule has 7 nitrogen and oxygen atoms in total. The van der Waals surface area contributed by atoms with Crippen LogP contribution in [0.25, 0.3) is 0 Å². The van der Waals surface area contributed by atoms with Crippen molar-refractivity contribution in [3.8, 4) is 11.5 Å². The Kier molecular flexibility index (Phi) is 5.47. The molecule has 4 rings (SSSR count).